The fraction of sp³-hybridized carbons (Fsp3) is 0.111. The van der Waals surface area contributed by atoms with Gasteiger partial charge in [0.25, 0.3) is 0 Å². The Hall–Kier alpha value is -3.09. The van der Waals surface area contributed by atoms with Crippen LogP contribution < -0.4 is 5.32 Å². The lowest BCUT2D eigenvalue weighted by Crippen LogP contribution is -2.13. The van der Waals surface area contributed by atoms with Crippen molar-refractivity contribution < 1.29 is 13.2 Å². The van der Waals surface area contributed by atoms with Gasteiger partial charge < -0.3 is 10.3 Å². The highest BCUT2D eigenvalue weighted by molar-refractivity contribution is 5.89. The summed E-state index contributed by atoms with van der Waals surface area (Å²) in [6.07, 6.45) is -4.60. The third-order valence-corrected chi connectivity index (χ3v) is 3.89. The van der Waals surface area contributed by atoms with Gasteiger partial charge in [-0.15, -0.1) is 0 Å². The maximum atomic E-state index is 13.0. The summed E-state index contributed by atoms with van der Waals surface area (Å²) < 4.78 is 39.1. The normalized spacial score (nSPS) is 12.0. The Kier molecular flexibility index (Phi) is 3.56. The van der Waals surface area contributed by atoms with Gasteiger partial charge in [-0.1, -0.05) is 30.3 Å². The van der Waals surface area contributed by atoms with E-state index < -0.39 is 12.0 Å². The molecule has 4 rings (SSSR count). The summed E-state index contributed by atoms with van der Waals surface area (Å²) in [5.41, 5.74) is 2.09. The third-order valence-electron chi connectivity index (χ3n) is 3.89. The Morgan fingerprint density at radius 1 is 0.960 bits per heavy atom. The lowest BCUT2D eigenvalue weighted by atomic mass is 10.2. The highest BCUT2D eigenvalue weighted by Gasteiger charge is 2.35. The van der Waals surface area contributed by atoms with Gasteiger partial charge in [-0.25, -0.2) is 9.97 Å². The molecule has 0 fully saturated rings. The summed E-state index contributed by atoms with van der Waals surface area (Å²) in [7, 11) is 0. The number of para-hydroxylation sites is 2. The number of H-pyrrole nitrogens is 1. The molecule has 0 aliphatic rings. The molecule has 0 bridgehead atoms. The van der Waals surface area contributed by atoms with Crippen molar-refractivity contribution in [1.82, 2.24) is 15.0 Å². The number of halogens is 3. The standard InChI is InChI=1S/C18H13F3N4/c19-18(20,21)17-24-15-8-4-2-6-13(15)16(25-17)22-10-12-9-11-5-1-3-7-14(11)23-12/h1-9,23H,10H2,(H,22,24,25). The van der Waals surface area contributed by atoms with Crippen LogP contribution in [0, 0.1) is 0 Å². The predicted octanol–water partition coefficient (Wildman–Crippen LogP) is 4.74. The second-order valence-electron chi connectivity index (χ2n) is 5.65. The van der Waals surface area contributed by atoms with Crippen LogP contribution in [0.25, 0.3) is 21.8 Å². The van der Waals surface area contributed by atoms with Gasteiger partial charge >= 0.3 is 6.18 Å². The van der Waals surface area contributed by atoms with E-state index in [1.807, 2.05) is 30.3 Å². The number of alkyl halides is 3. The first kappa shape index (κ1) is 15.4. The van der Waals surface area contributed by atoms with Crippen LogP contribution in [-0.4, -0.2) is 15.0 Å². The van der Waals surface area contributed by atoms with Gasteiger partial charge in [0.05, 0.1) is 12.1 Å². The van der Waals surface area contributed by atoms with Crippen molar-refractivity contribution in [3.63, 3.8) is 0 Å². The van der Waals surface area contributed by atoms with Gasteiger partial charge in [-0.05, 0) is 29.7 Å². The van der Waals surface area contributed by atoms with E-state index in [4.69, 9.17) is 0 Å². The summed E-state index contributed by atoms with van der Waals surface area (Å²) in [6.45, 7) is 0.326. The average Bonchev–Trinajstić information content (AvgIpc) is 3.01. The van der Waals surface area contributed by atoms with Crippen molar-refractivity contribution in [3.05, 3.63) is 66.1 Å². The zero-order chi connectivity index (χ0) is 17.4. The van der Waals surface area contributed by atoms with Crippen LogP contribution >= 0.6 is 0 Å². The molecular weight excluding hydrogens is 329 g/mol. The highest BCUT2D eigenvalue weighted by Crippen LogP contribution is 2.30. The van der Waals surface area contributed by atoms with E-state index in [1.165, 1.54) is 0 Å². The monoisotopic (exact) mass is 342 g/mol. The number of anilines is 1. The van der Waals surface area contributed by atoms with Gasteiger partial charge in [-0.3, -0.25) is 0 Å². The molecule has 2 heterocycles. The van der Waals surface area contributed by atoms with Gasteiger partial charge in [-0.2, -0.15) is 13.2 Å². The van der Waals surface area contributed by atoms with Crippen LogP contribution in [0.4, 0.5) is 19.0 Å². The minimum Gasteiger partial charge on any atom is -0.364 e. The molecule has 2 N–H and O–H groups in total. The first-order valence-corrected chi connectivity index (χ1v) is 7.65. The number of hydrogen-bond donors (Lipinski definition) is 2. The molecule has 7 heteroatoms. The highest BCUT2D eigenvalue weighted by atomic mass is 19.4. The lowest BCUT2D eigenvalue weighted by molar-refractivity contribution is -0.144. The van der Waals surface area contributed by atoms with E-state index in [9.17, 15) is 13.2 Å². The molecule has 0 saturated carbocycles. The minimum atomic E-state index is -4.60. The molecule has 0 aliphatic carbocycles. The average molecular weight is 342 g/mol. The number of aromatic nitrogens is 3. The first-order valence-electron chi connectivity index (χ1n) is 7.65. The maximum absolute atomic E-state index is 13.0. The molecular formula is C18H13F3N4. The number of nitrogens with zero attached hydrogens (tertiary/aromatic N) is 2. The van der Waals surface area contributed by atoms with Crippen LogP contribution in [0.5, 0.6) is 0 Å². The van der Waals surface area contributed by atoms with E-state index in [0.29, 0.717) is 11.9 Å². The second kappa shape index (κ2) is 5.77. The summed E-state index contributed by atoms with van der Waals surface area (Å²) >= 11 is 0. The Morgan fingerprint density at radius 3 is 2.52 bits per heavy atom. The van der Waals surface area contributed by atoms with Gasteiger partial charge in [0, 0.05) is 16.6 Å². The molecule has 25 heavy (non-hydrogen) atoms. The number of fused-ring (bicyclic) bond motifs is 2. The topological polar surface area (TPSA) is 53.6 Å². The Labute approximate surface area is 140 Å². The minimum absolute atomic E-state index is 0.164. The number of nitrogens with one attached hydrogen (secondary N) is 2. The van der Waals surface area contributed by atoms with Gasteiger partial charge in [0.15, 0.2) is 0 Å². The number of benzene rings is 2. The van der Waals surface area contributed by atoms with Crippen molar-refractivity contribution in [2.45, 2.75) is 12.7 Å². The Balaban J connectivity index is 1.70. The molecule has 2 aromatic heterocycles. The third kappa shape index (κ3) is 3.00. The molecule has 4 aromatic rings. The SMILES string of the molecule is FC(F)(F)c1nc(NCc2cc3ccccc3[nH]2)c2ccccc2n1. The lowest BCUT2D eigenvalue weighted by Gasteiger charge is -2.11. The van der Waals surface area contributed by atoms with E-state index in [-0.39, 0.29) is 11.3 Å². The number of rotatable bonds is 3. The predicted molar refractivity (Wildman–Crippen MR) is 90.2 cm³/mol. The van der Waals surface area contributed by atoms with E-state index in [1.54, 1.807) is 24.3 Å². The van der Waals surface area contributed by atoms with E-state index in [0.717, 1.165) is 16.6 Å². The molecule has 0 radical (unpaired) electrons. The second-order valence-corrected chi connectivity index (χ2v) is 5.65. The van der Waals surface area contributed by atoms with Crippen LogP contribution in [0.3, 0.4) is 0 Å². The quantitative estimate of drug-likeness (QED) is 0.565. The summed E-state index contributed by atoms with van der Waals surface area (Å²) in [5.74, 6) is -0.984. The summed E-state index contributed by atoms with van der Waals surface area (Å²) in [6, 6.07) is 16.4. The molecule has 0 saturated heterocycles. The maximum Gasteiger partial charge on any atom is 0.451 e. The largest absolute Gasteiger partial charge is 0.451 e. The molecule has 0 spiro atoms. The van der Waals surface area contributed by atoms with Gasteiger partial charge in [0.1, 0.15) is 5.82 Å². The van der Waals surface area contributed by atoms with Crippen LogP contribution in [-0.2, 0) is 12.7 Å². The number of hydrogen-bond acceptors (Lipinski definition) is 3. The van der Waals surface area contributed by atoms with Crippen molar-refractivity contribution in [1.29, 1.82) is 0 Å². The van der Waals surface area contributed by atoms with Crippen molar-refractivity contribution in [3.8, 4) is 0 Å². The van der Waals surface area contributed by atoms with Gasteiger partial charge in [0.2, 0.25) is 5.82 Å². The van der Waals surface area contributed by atoms with Crippen LogP contribution in [0.1, 0.15) is 11.5 Å². The zero-order valence-corrected chi connectivity index (χ0v) is 12.9. The molecule has 4 nitrogen and oxygen atoms in total. The molecule has 0 atom stereocenters. The fourth-order valence-corrected chi connectivity index (χ4v) is 2.75. The van der Waals surface area contributed by atoms with Crippen molar-refractivity contribution >= 4 is 27.6 Å². The van der Waals surface area contributed by atoms with Crippen LogP contribution in [0.2, 0.25) is 0 Å². The molecule has 126 valence electrons. The Morgan fingerprint density at radius 2 is 1.72 bits per heavy atom. The Bertz CT molecular complexity index is 1020. The smallest absolute Gasteiger partial charge is 0.364 e. The molecule has 0 unspecified atom stereocenters. The molecule has 0 aliphatic heterocycles. The van der Waals surface area contributed by atoms with Crippen molar-refractivity contribution in [2.24, 2.45) is 0 Å². The summed E-state index contributed by atoms with van der Waals surface area (Å²) in [4.78, 5) is 10.5. The molecule has 2 aromatic carbocycles. The first-order chi connectivity index (χ1) is 12.0. The van der Waals surface area contributed by atoms with E-state index in [2.05, 4.69) is 20.3 Å². The fourth-order valence-electron chi connectivity index (χ4n) is 2.75. The molecule has 0 amide bonds. The number of aromatic amines is 1. The van der Waals surface area contributed by atoms with Crippen LogP contribution in [0.15, 0.2) is 54.6 Å². The zero-order valence-electron chi connectivity index (χ0n) is 12.9. The summed E-state index contributed by atoms with van der Waals surface area (Å²) in [5, 5.41) is 4.59. The van der Waals surface area contributed by atoms with Crippen molar-refractivity contribution in [2.75, 3.05) is 5.32 Å². The van der Waals surface area contributed by atoms with E-state index >= 15 is 0 Å².